The lowest BCUT2D eigenvalue weighted by atomic mass is 9.99. The van der Waals surface area contributed by atoms with Crippen molar-refractivity contribution in [2.75, 3.05) is 19.5 Å². The largest absolute Gasteiger partial charge is 0.496 e. The first-order valence-electron chi connectivity index (χ1n) is 6.88. The molecule has 1 aliphatic rings. The Labute approximate surface area is 133 Å². The van der Waals surface area contributed by atoms with Crippen molar-refractivity contribution in [2.45, 2.75) is 31.7 Å². The zero-order chi connectivity index (χ0) is 14.5. The summed E-state index contributed by atoms with van der Waals surface area (Å²) in [7, 11) is 1.61. The number of benzene rings is 1. The molecule has 20 heavy (non-hydrogen) atoms. The quantitative estimate of drug-likeness (QED) is 0.757. The molecule has 1 atom stereocenters. The number of likely N-dealkylation sites (tertiary alicyclic amines) is 1. The number of piperidine rings is 1. The Hall–Kier alpha value is -0.740. The number of ether oxygens (including phenoxy) is 1. The van der Waals surface area contributed by atoms with Gasteiger partial charge in [-0.25, -0.2) is 0 Å². The van der Waals surface area contributed by atoms with Gasteiger partial charge in [-0.15, -0.1) is 11.6 Å². The van der Waals surface area contributed by atoms with Gasteiger partial charge in [-0.2, -0.15) is 0 Å². The van der Waals surface area contributed by atoms with Crippen LogP contribution in [0.5, 0.6) is 5.75 Å². The smallest absolute Gasteiger partial charge is 0.254 e. The van der Waals surface area contributed by atoms with Gasteiger partial charge in [0.05, 0.1) is 11.6 Å². The maximum Gasteiger partial charge on any atom is 0.254 e. The van der Waals surface area contributed by atoms with E-state index in [4.69, 9.17) is 16.3 Å². The highest BCUT2D eigenvalue weighted by atomic mass is 79.9. The van der Waals surface area contributed by atoms with E-state index in [0.717, 1.165) is 36.0 Å². The molecule has 1 fully saturated rings. The number of alkyl halides is 1. The predicted octanol–water partition coefficient (Wildman–Crippen LogP) is 4.08. The molecule has 1 amide bonds. The molecule has 0 radical (unpaired) electrons. The molecular formula is C15H19BrClNO2. The number of rotatable bonds is 4. The maximum absolute atomic E-state index is 12.7. The van der Waals surface area contributed by atoms with Crippen LogP contribution in [-0.4, -0.2) is 36.4 Å². The molecule has 0 bridgehead atoms. The predicted molar refractivity (Wildman–Crippen MR) is 84.7 cm³/mol. The molecule has 0 aromatic heterocycles. The van der Waals surface area contributed by atoms with Crippen LogP contribution >= 0.6 is 27.5 Å². The number of hydrogen-bond donors (Lipinski definition) is 0. The summed E-state index contributed by atoms with van der Waals surface area (Å²) in [6.07, 6.45) is 4.17. The van der Waals surface area contributed by atoms with Crippen molar-refractivity contribution in [3.63, 3.8) is 0 Å². The number of nitrogens with zero attached hydrogens (tertiary/aromatic N) is 1. The van der Waals surface area contributed by atoms with Gasteiger partial charge in [0, 0.05) is 24.0 Å². The summed E-state index contributed by atoms with van der Waals surface area (Å²) < 4.78 is 6.00. The summed E-state index contributed by atoms with van der Waals surface area (Å²) in [5.74, 6) is 1.42. The highest BCUT2D eigenvalue weighted by Gasteiger charge is 2.27. The summed E-state index contributed by atoms with van der Waals surface area (Å²) in [5, 5.41) is 0. The zero-order valence-electron chi connectivity index (χ0n) is 11.6. The lowest BCUT2D eigenvalue weighted by molar-refractivity contribution is 0.0609. The zero-order valence-corrected chi connectivity index (χ0v) is 13.9. The Morgan fingerprint density at radius 3 is 2.95 bits per heavy atom. The normalized spacial score (nSPS) is 18.9. The lowest BCUT2D eigenvalue weighted by Gasteiger charge is -2.35. The molecule has 0 spiro atoms. The monoisotopic (exact) mass is 359 g/mol. The minimum absolute atomic E-state index is 0.0863. The van der Waals surface area contributed by atoms with E-state index >= 15 is 0 Å². The lowest BCUT2D eigenvalue weighted by Crippen LogP contribution is -2.43. The average molecular weight is 361 g/mol. The van der Waals surface area contributed by atoms with Crippen LogP contribution in [0, 0.1) is 0 Å². The van der Waals surface area contributed by atoms with E-state index in [1.807, 2.05) is 23.1 Å². The molecule has 1 aliphatic heterocycles. The van der Waals surface area contributed by atoms with Crippen LogP contribution in [0.25, 0.3) is 0 Å². The Balaban J connectivity index is 2.18. The fourth-order valence-corrected chi connectivity index (χ4v) is 3.45. The second-order valence-electron chi connectivity index (χ2n) is 4.98. The van der Waals surface area contributed by atoms with Gasteiger partial charge in [0.1, 0.15) is 5.75 Å². The second-order valence-corrected chi connectivity index (χ2v) is 6.21. The van der Waals surface area contributed by atoms with E-state index in [1.54, 1.807) is 7.11 Å². The third-order valence-electron chi connectivity index (χ3n) is 3.73. The second kappa shape index (κ2) is 7.32. The van der Waals surface area contributed by atoms with Gasteiger partial charge in [-0.3, -0.25) is 4.79 Å². The first-order valence-corrected chi connectivity index (χ1v) is 8.20. The minimum Gasteiger partial charge on any atom is -0.496 e. The fourth-order valence-electron chi connectivity index (χ4n) is 2.66. The van der Waals surface area contributed by atoms with Crippen molar-refractivity contribution >= 4 is 33.4 Å². The van der Waals surface area contributed by atoms with Gasteiger partial charge in [-0.1, -0.05) is 0 Å². The van der Waals surface area contributed by atoms with Gasteiger partial charge in [0.2, 0.25) is 0 Å². The summed E-state index contributed by atoms with van der Waals surface area (Å²) in [4.78, 5) is 14.6. The van der Waals surface area contributed by atoms with Crippen LogP contribution in [0.2, 0.25) is 0 Å². The van der Waals surface area contributed by atoms with Crippen molar-refractivity contribution in [1.29, 1.82) is 0 Å². The van der Waals surface area contributed by atoms with Crippen LogP contribution in [0.15, 0.2) is 22.7 Å². The van der Waals surface area contributed by atoms with Crippen LogP contribution in [0.4, 0.5) is 0 Å². The highest BCUT2D eigenvalue weighted by molar-refractivity contribution is 9.10. The standard InChI is InChI=1S/C15H19BrClNO2/c1-20-14-6-5-11(10-13(14)16)15(19)18-9-3-2-4-12(18)7-8-17/h5-6,10,12H,2-4,7-9H2,1H3. The molecule has 0 aliphatic carbocycles. The van der Waals surface area contributed by atoms with Crippen molar-refractivity contribution in [2.24, 2.45) is 0 Å². The highest BCUT2D eigenvalue weighted by Crippen LogP contribution is 2.28. The first kappa shape index (κ1) is 15.6. The van der Waals surface area contributed by atoms with Gasteiger partial charge < -0.3 is 9.64 Å². The van der Waals surface area contributed by atoms with Crippen LogP contribution in [0.3, 0.4) is 0 Å². The Morgan fingerprint density at radius 1 is 1.50 bits per heavy atom. The molecule has 1 aromatic rings. The third-order valence-corrected chi connectivity index (χ3v) is 4.57. The molecule has 1 unspecified atom stereocenters. The molecule has 110 valence electrons. The molecule has 0 N–H and O–H groups in total. The molecule has 2 rings (SSSR count). The van der Waals surface area contributed by atoms with E-state index in [-0.39, 0.29) is 11.9 Å². The van der Waals surface area contributed by atoms with Gasteiger partial charge >= 0.3 is 0 Å². The minimum atomic E-state index is 0.0863. The molecule has 5 heteroatoms. The number of carbonyl (C=O) groups is 1. The Kier molecular flexibility index (Phi) is 5.73. The Bertz CT molecular complexity index is 479. The molecular weight excluding hydrogens is 342 g/mol. The molecule has 1 saturated heterocycles. The van der Waals surface area contributed by atoms with Crippen molar-refractivity contribution in [3.8, 4) is 5.75 Å². The molecule has 1 heterocycles. The van der Waals surface area contributed by atoms with E-state index in [9.17, 15) is 4.79 Å². The molecule has 1 aromatic carbocycles. The number of halogens is 2. The van der Waals surface area contributed by atoms with Gasteiger partial charge in [0.15, 0.2) is 0 Å². The summed E-state index contributed by atoms with van der Waals surface area (Å²) in [6, 6.07) is 5.73. The van der Waals surface area contributed by atoms with E-state index in [0.29, 0.717) is 11.4 Å². The van der Waals surface area contributed by atoms with Crippen molar-refractivity contribution in [3.05, 3.63) is 28.2 Å². The average Bonchev–Trinajstić information content (AvgIpc) is 2.47. The number of amides is 1. The van der Waals surface area contributed by atoms with E-state index < -0.39 is 0 Å². The fraction of sp³-hybridized carbons (Fsp3) is 0.533. The Morgan fingerprint density at radius 2 is 2.30 bits per heavy atom. The topological polar surface area (TPSA) is 29.5 Å². The molecule has 3 nitrogen and oxygen atoms in total. The van der Waals surface area contributed by atoms with E-state index in [2.05, 4.69) is 15.9 Å². The van der Waals surface area contributed by atoms with Gasteiger partial charge in [0.25, 0.3) is 5.91 Å². The summed E-state index contributed by atoms with van der Waals surface area (Å²) >= 11 is 9.28. The van der Waals surface area contributed by atoms with Crippen molar-refractivity contribution in [1.82, 2.24) is 4.90 Å². The van der Waals surface area contributed by atoms with E-state index in [1.165, 1.54) is 6.42 Å². The summed E-state index contributed by atoms with van der Waals surface area (Å²) in [6.45, 7) is 0.823. The number of carbonyl (C=O) groups excluding carboxylic acids is 1. The van der Waals surface area contributed by atoms with Crippen LogP contribution in [0.1, 0.15) is 36.0 Å². The van der Waals surface area contributed by atoms with Crippen LogP contribution in [-0.2, 0) is 0 Å². The first-order chi connectivity index (χ1) is 9.67. The molecule has 0 saturated carbocycles. The van der Waals surface area contributed by atoms with Gasteiger partial charge in [-0.05, 0) is 59.8 Å². The van der Waals surface area contributed by atoms with Crippen molar-refractivity contribution < 1.29 is 9.53 Å². The maximum atomic E-state index is 12.7. The number of hydrogen-bond acceptors (Lipinski definition) is 2. The number of methoxy groups -OCH3 is 1. The van der Waals surface area contributed by atoms with Crippen LogP contribution < -0.4 is 4.74 Å². The summed E-state index contributed by atoms with van der Waals surface area (Å²) in [5.41, 5.74) is 0.694. The SMILES string of the molecule is COc1ccc(C(=O)N2CCCCC2CCCl)cc1Br. The third kappa shape index (κ3) is 3.47.